The maximum absolute atomic E-state index is 11.7. The molecule has 1 nitrogen and oxygen atoms in total. The minimum Gasteiger partial charge on any atom is -0.299 e. The van der Waals surface area contributed by atoms with Crippen LogP contribution in [0.25, 0.3) is 0 Å². The number of ketones is 1. The van der Waals surface area contributed by atoms with Crippen LogP contribution in [0.5, 0.6) is 0 Å². The van der Waals surface area contributed by atoms with Crippen molar-refractivity contribution in [2.75, 3.05) is 0 Å². The third kappa shape index (κ3) is 4.72. The molecule has 1 heteroatoms. The van der Waals surface area contributed by atoms with Crippen molar-refractivity contribution in [2.24, 2.45) is 17.8 Å². The molecule has 0 bridgehead atoms. The number of carbonyl (C=O) groups is 1. The van der Waals surface area contributed by atoms with Gasteiger partial charge in [0, 0.05) is 18.8 Å². The highest BCUT2D eigenvalue weighted by Crippen LogP contribution is 2.19. The van der Waals surface area contributed by atoms with Crippen LogP contribution in [0.1, 0.15) is 40.5 Å². The van der Waals surface area contributed by atoms with Crippen molar-refractivity contribution in [1.29, 1.82) is 0 Å². The molecule has 13 heavy (non-hydrogen) atoms. The van der Waals surface area contributed by atoms with Crippen LogP contribution >= 0.6 is 0 Å². The van der Waals surface area contributed by atoms with Crippen molar-refractivity contribution in [3.63, 3.8) is 0 Å². The van der Waals surface area contributed by atoms with Gasteiger partial charge in [-0.25, -0.2) is 0 Å². The Morgan fingerprint density at radius 1 is 1.31 bits per heavy atom. The van der Waals surface area contributed by atoms with E-state index in [-0.39, 0.29) is 5.92 Å². The zero-order chi connectivity index (χ0) is 10.4. The number of rotatable bonds is 5. The molecule has 74 valence electrons. The van der Waals surface area contributed by atoms with E-state index < -0.39 is 0 Å². The summed E-state index contributed by atoms with van der Waals surface area (Å²) in [6, 6.07) is 0. The minimum absolute atomic E-state index is 0.0624. The first kappa shape index (κ1) is 12.2. The highest BCUT2D eigenvalue weighted by Gasteiger charge is 2.21. The fraction of sp³-hybridized carbons (Fsp3) is 0.750. The van der Waals surface area contributed by atoms with Gasteiger partial charge in [-0.1, -0.05) is 27.7 Å². The van der Waals surface area contributed by atoms with Gasteiger partial charge in [0.05, 0.1) is 0 Å². The number of hydrogen-bond donors (Lipinski definition) is 0. The summed E-state index contributed by atoms with van der Waals surface area (Å²) in [5.74, 6) is 3.77. The van der Waals surface area contributed by atoms with E-state index in [1.165, 1.54) is 0 Å². The van der Waals surface area contributed by atoms with E-state index in [1.807, 2.05) is 0 Å². The van der Waals surface area contributed by atoms with Gasteiger partial charge in [-0.05, 0) is 11.8 Å². The molecule has 0 radical (unpaired) electrons. The summed E-state index contributed by atoms with van der Waals surface area (Å²) in [6.45, 7) is 8.23. The first-order valence-electron chi connectivity index (χ1n) is 4.95. The first-order valence-corrected chi connectivity index (χ1v) is 4.95. The Bertz CT molecular complexity index is 196. The summed E-state index contributed by atoms with van der Waals surface area (Å²) >= 11 is 0. The van der Waals surface area contributed by atoms with E-state index in [2.05, 4.69) is 33.6 Å². The van der Waals surface area contributed by atoms with E-state index in [0.717, 1.165) is 0 Å². The smallest absolute Gasteiger partial charge is 0.137 e. The van der Waals surface area contributed by atoms with Gasteiger partial charge in [-0.15, -0.1) is 12.3 Å². The molecule has 1 unspecified atom stereocenters. The molecular weight excluding hydrogens is 160 g/mol. The van der Waals surface area contributed by atoms with Crippen molar-refractivity contribution in [3.8, 4) is 12.3 Å². The zero-order valence-electron chi connectivity index (χ0n) is 9.13. The highest BCUT2D eigenvalue weighted by molar-refractivity contribution is 5.81. The van der Waals surface area contributed by atoms with Crippen LogP contribution in [-0.2, 0) is 4.79 Å². The lowest BCUT2D eigenvalue weighted by atomic mass is 9.85. The van der Waals surface area contributed by atoms with Crippen LogP contribution in [0.4, 0.5) is 0 Å². The summed E-state index contributed by atoms with van der Waals surface area (Å²) < 4.78 is 0. The van der Waals surface area contributed by atoms with Gasteiger partial charge in [0.15, 0.2) is 0 Å². The van der Waals surface area contributed by atoms with E-state index in [1.54, 1.807) is 0 Å². The molecule has 0 aliphatic heterocycles. The lowest BCUT2D eigenvalue weighted by Crippen LogP contribution is -2.21. The molecule has 0 amide bonds. The summed E-state index contributed by atoms with van der Waals surface area (Å²) in [6.07, 6.45) is 6.48. The zero-order valence-corrected chi connectivity index (χ0v) is 9.13. The lowest BCUT2D eigenvalue weighted by molar-refractivity contribution is -0.124. The Morgan fingerprint density at radius 3 is 2.15 bits per heavy atom. The molecule has 1 atom stereocenters. The third-order valence-corrected chi connectivity index (χ3v) is 2.17. The van der Waals surface area contributed by atoms with Gasteiger partial charge >= 0.3 is 0 Å². The standard InChI is InChI=1S/C12H20O/c1-6-7-11(10(4)5)12(13)8-9(2)3/h1,9-11H,7-8H2,2-5H3. The molecule has 0 aromatic heterocycles. The molecule has 0 N–H and O–H groups in total. The second-order valence-corrected chi connectivity index (χ2v) is 4.32. The summed E-state index contributed by atoms with van der Waals surface area (Å²) in [5.41, 5.74) is 0. The Kier molecular flexibility index (Phi) is 5.46. The molecule has 0 aromatic rings. The largest absolute Gasteiger partial charge is 0.299 e. The molecular formula is C12H20O. The Labute approximate surface area is 81.9 Å². The van der Waals surface area contributed by atoms with Crippen LogP contribution in [0.2, 0.25) is 0 Å². The molecule has 0 spiro atoms. The fourth-order valence-corrected chi connectivity index (χ4v) is 1.40. The van der Waals surface area contributed by atoms with Gasteiger partial charge in [-0.3, -0.25) is 4.79 Å². The highest BCUT2D eigenvalue weighted by atomic mass is 16.1. The minimum atomic E-state index is 0.0624. The number of carbonyl (C=O) groups excluding carboxylic acids is 1. The lowest BCUT2D eigenvalue weighted by Gasteiger charge is -2.17. The van der Waals surface area contributed by atoms with Crippen LogP contribution in [0.15, 0.2) is 0 Å². The number of terminal acetylenes is 1. The fourth-order valence-electron chi connectivity index (χ4n) is 1.40. The van der Waals surface area contributed by atoms with Crippen molar-refractivity contribution in [2.45, 2.75) is 40.5 Å². The molecule has 0 aromatic carbocycles. The maximum atomic E-state index is 11.7. The predicted octanol–water partition coefficient (Wildman–Crippen LogP) is 2.90. The summed E-state index contributed by atoms with van der Waals surface area (Å²) in [7, 11) is 0. The van der Waals surface area contributed by atoms with Crippen LogP contribution in [-0.4, -0.2) is 5.78 Å². The Balaban J connectivity index is 4.22. The van der Waals surface area contributed by atoms with E-state index in [0.29, 0.717) is 30.5 Å². The van der Waals surface area contributed by atoms with Crippen molar-refractivity contribution in [1.82, 2.24) is 0 Å². The predicted molar refractivity (Wildman–Crippen MR) is 56.2 cm³/mol. The monoisotopic (exact) mass is 180 g/mol. The van der Waals surface area contributed by atoms with Crippen LogP contribution < -0.4 is 0 Å². The van der Waals surface area contributed by atoms with Crippen molar-refractivity contribution in [3.05, 3.63) is 0 Å². The second-order valence-electron chi connectivity index (χ2n) is 4.32. The topological polar surface area (TPSA) is 17.1 Å². The average Bonchev–Trinajstić information content (AvgIpc) is 1.97. The van der Waals surface area contributed by atoms with Gasteiger partial charge in [0.25, 0.3) is 0 Å². The molecule has 0 aliphatic carbocycles. The Hall–Kier alpha value is -0.770. The molecule has 0 heterocycles. The Morgan fingerprint density at radius 2 is 1.85 bits per heavy atom. The van der Waals surface area contributed by atoms with Crippen LogP contribution in [0.3, 0.4) is 0 Å². The van der Waals surface area contributed by atoms with Gasteiger partial charge in [0.2, 0.25) is 0 Å². The number of Topliss-reactive ketones (excluding diaryl/α,β-unsaturated/α-hetero) is 1. The van der Waals surface area contributed by atoms with Crippen molar-refractivity contribution < 1.29 is 4.79 Å². The first-order chi connectivity index (χ1) is 5.99. The average molecular weight is 180 g/mol. The molecule has 0 saturated heterocycles. The van der Waals surface area contributed by atoms with E-state index in [9.17, 15) is 4.79 Å². The van der Waals surface area contributed by atoms with Crippen LogP contribution in [0, 0.1) is 30.1 Å². The summed E-state index contributed by atoms with van der Waals surface area (Å²) in [4.78, 5) is 11.7. The maximum Gasteiger partial charge on any atom is 0.137 e. The van der Waals surface area contributed by atoms with Gasteiger partial charge in [-0.2, -0.15) is 0 Å². The van der Waals surface area contributed by atoms with Gasteiger partial charge < -0.3 is 0 Å². The molecule has 0 rings (SSSR count). The molecule has 0 saturated carbocycles. The van der Waals surface area contributed by atoms with E-state index in [4.69, 9.17) is 6.42 Å². The summed E-state index contributed by atoms with van der Waals surface area (Å²) in [5, 5.41) is 0. The third-order valence-electron chi connectivity index (χ3n) is 2.17. The van der Waals surface area contributed by atoms with Gasteiger partial charge in [0.1, 0.15) is 5.78 Å². The van der Waals surface area contributed by atoms with E-state index >= 15 is 0 Å². The SMILES string of the molecule is C#CCC(C(=O)CC(C)C)C(C)C. The molecule has 0 aliphatic rings. The normalized spacial score (nSPS) is 13.0. The number of hydrogen-bond acceptors (Lipinski definition) is 1. The van der Waals surface area contributed by atoms with Crippen molar-refractivity contribution >= 4 is 5.78 Å². The second kappa shape index (κ2) is 5.80. The molecule has 0 fully saturated rings. The quantitative estimate of drug-likeness (QED) is 0.594.